The van der Waals surface area contributed by atoms with Crippen LogP contribution in [0.1, 0.15) is 30.9 Å². The fourth-order valence-corrected chi connectivity index (χ4v) is 4.54. The molecule has 5 nitrogen and oxygen atoms in total. The maximum atomic E-state index is 13.6. The number of rotatable bonds is 3. The lowest BCUT2D eigenvalue weighted by atomic mass is 10.0. The molecule has 0 aromatic heterocycles. The van der Waals surface area contributed by atoms with E-state index in [1.165, 1.54) is 12.8 Å². The van der Waals surface area contributed by atoms with Gasteiger partial charge in [-0.25, -0.2) is 0 Å². The van der Waals surface area contributed by atoms with E-state index in [9.17, 15) is 4.79 Å². The van der Waals surface area contributed by atoms with Crippen LogP contribution in [0.5, 0.6) is 0 Å². The highest BCUT2D eigenvalue weighted by Crippen LogP contribution is 2.27. The Morgan fingerprint density at radius 2 is 1.63 bits per heavy atom. The Kier molecular flexibility index (Phi) is 8.38. The van der Waals surface area contributed by atoms with Crippen molar-refractivity contribution in [2.45, 2.75) is 37.4 Å². The first-order valence-corrected chi connectivity index (χ1v) is 9.73. The molecule has 3 aliphatic rings. The Morgan fingerprint density at radius 3 is 2.33 bits per heavy atom. The van der Waals surface area contributed by atoms with Gasteiger partial charge in [0, 0.05) is 51.4 Å². The quantitative estimate of drug-likeness (QED) is 0.822. The first kappa shape index (κ1) is 22.4. The molecule has 3 unspecified atom stereocenters. The molecule has 3 aliphatic heterocycles. The highest BCUT2D eigenvalue weighted by Gasteiger charge is 2.36. The van der Waals surface area contributed by atoms with E-state index in [1.54, 1.807) is 0 Å². The zero-order chi connectivity index (χ0) is 17.2. The summed E-state index contributed by atoms with van der Waals surface area (Å²) in [7, 11) is 2.16. The number of nitrogens with one attached hydrogen (secondary N) is 1. The van der Waals surface area contributed by atoms with E-state index in [0.717, 1.165) is 51.3 Å². The van der Waals surface area contributed by atoms with Gasteiger partial charge in [0.2, 0.25) is 5.91 Å². The van der Waals surface area contributed by atoms with Crippen molar-refractivity contribution in [2.24, 2.45) is 0 Å². The monoisotopic (exact) mass is 414 g/mol. The highest BCUT2D eigenvalue weighted by molar-refractivity contribution is 5.85. The molecule has 0 aliphatic carbocycles. The lowest BCUT2D eigenvalue weighted by Gasteiger charge is -2.39. The summed E-state index contributed by atoms with van der Waals surface area (Å²) in [5.74, 6) is 0.296. The number of likely N-dealkylation sites (tertiary alicyclic amines) is 1. The van der Waals surface area contributed by atoms with Crippen molar-refractivity contribution >= 4 is 30.7 Å². The second kappa shape index (κ2) is 10.1. The van der Waals surface area contributed by atoms with Crippen LogP contribution >= 0.6 is 24.8 Å². The van der Waals surface area contributed by atoms with Gasteiger partial charge in [-0.15, -0.1) is 24.8 Å². The molecular formula is C20H32Cl2N4O. The van der Waals surface area contributed by atoms with Crippen LogP contribution in [-0.2, 0) is 4.79 Å². The molecule has 1 aromatic rings. The molecule has 0 spiro atoms. The van der Waals surface area contributed by atoms with Crippen LogP contribution in [0, 0.1) is 0 Å². The first-order chi connectivity index (χ1) is 12.2. The van der Waals surface area contributed by atoms with Crippen molar-refractivity contribution in [1.29, 1.82) is 0 Å². The van der Waals surface area contributed by atoms with Gasteiger partial charge < -0.3 is 15.1 Å². The van der Waals surface area contributed by atoms with Crippen molar-refractivity contribution < 1.29 is 4.79 Å². The van der Waals surface area contributed by atoms with Gasteiger partial charge >= 0.3 is 0 Å². The van der Waals surface area contributed by atoms with Crippen LogP contribution in [-0.4, -0.2) is 79.0 Å². The summed E-state index contributed by atoms with van der Waals surface area (Å²) in [6.07, 6.45) is 3.57. The fraction of sp³-hybridized carbons (Fsp3) is 0.650. The van der Waals surface area contributed by atoms with Crippen LogP contribution in [0.3, 0.4) is 0 Å². The van der Waals surface area contributed by atoms with E-state index in [1.807, 2.05) is 6.07 Å². The maximum absolute atomic E-state index is 13.6. The SMILES string of the molecule is CN1CCN(C(C(=O)N2CCC3CCC(C2)N3)c2ccccc2)CC1.Cl.Cl. The zero-order valence-corrected chi connectivity index (χ0v) is 17.7. The van der Waals surface area contributed by atoms with E-state index in [2.05, 4.69) is 51.3 Å². The molecule has 27 heavy (non-hydrogen) atoms. The van der Waals surface area contributed by atoms with E-state index < -0.39 is 0 Å². The number of likely N-dealkylation sites (N-methyl/N-ethyl adjacent to an activating group) is 1. The Balaban J connectivity index is 0.00000131. The molecule has 1 amide bonds. The first-order valence-electron chi connectivity index (χ1n) is 9.73. The van der Waals surface area contributed by atoms with Gasteiger partial charge in [0.25, 0.3) is 0 Å². The summed E-state index contributed by atoms with van der Waals surface area (Å²) in [5, 5.41) is 3.69. The predicted octanol–water partition coefficient (Wildman–Crippen LogP) is 2.17. The minimum absolute atomic E-state index is 0. The highest BCUT2D eigenvalue weighted by atomic mass is 35.5. The van der Waals surface area contributed by atoms with Gasteiger partial charge in [0.1, 0.15) is 6.04 Å². The van der Waals surface area contributed by atoms with E-state index in [4.69, 9.17) is 0 Å². The maximum Gasteiger partial charge on any atom is 0.244 e. The summed E-state index contributed by atoms with van der Waals surface area (Å²) >= 11 is 0. The average molecular weight is 415 g/mol. The molecule has 4 rings (SSSR count). The van der Waals surface area contributed by atoms with Gasteiger partial charge in [-0.3, -0.25) is 9.69 Å². The van der Waals surface area contributed by atoms with Crippen molar-refractivity contribution in [3.63, 3.8) is 0 Å². The van der Waals surface area contributed by atoms with Gasteiger partial charge in [-0.05, 0) is 31.9 Å². The Hall–Kier alpha value is -0.850. The number of piperazine rings is 1. The second-order valence-corrected chi connectivity index (χ2v) is 7.86. The third-order valence-corrected chi connectivity index (χ3v) is 6.09. The smallest absolute Gasteiger partial charge is 0.244 e. The Morgan fingerprint density at radius 1 is 0.963 bits per heavy atom. The molecular weight excluding hydrogens is 383 g/mol. The number of hydrogen-bond donors (Lipinski definition) is 1. The average Bonchev–Trinajstić information content (AvgIpc) is 2.96. The van der Waals surface area contributed by atoms with Crippen LogP contribution in [0.15, 0.2) is 30.3 Å². The Bertz CT molecular complexity index is 595. The second-order valence-electron chi connectivity index (χ2n) is 7.86. The lowest BCUT2D eigenvalue weighted by Crippen LogP contribution is -2.51. The molecule has 3 heterocycles. The molecule has 152 valence electrons. The molecule has 0 radical (unpaired) electrons. The normalized spacial score (nSPS) is 27.2. The lowest BCUT2D eigenvalue weighted by molar-refractivity contribution is -0.138. The van der Waals surface area contributed by atoms with Crippen LogP contribution in [0.2, 0.25) is 0 Å². The van der Waals surface area contributed by atoms with E-state index in [-0.39, 0.29) is 30.9 Å². The van der Waals surface area contributed by atoms with Gasteiger partial charge in [0.15, 0.2) is 0 Å². The van der Waals surface area contributed by atoms with Crippen LogP contribution in [0.25, 0.3) is 0 Å². The number of hydrogen-bond acceptors (Lipinski definition) is 4. The van der Waals surface area contributed by atoms with Crippen LogP contribution < -0.4 is 5.32 Å². The largest absolute Gasteiger partial charge is 0.339 e. The minimum atomic E-state index is -0.133. The van der Waals surface area contributed by atoms with E-state index in [0.29, 0.717) is 18.0 Å². The number of fused-ring (bicyclic) bond motifs is 2. The summed E-state index contributed by atoms with van der Waals surface area (Å²) in [6, 6.07) is 11.3. The molecule has 1 N–H and O–H groups in total. The molecule has 7 heteroatoms. The fourth-order valence-electron chi connectivity index (χ4n) is 4.54. The summed E-state index contributed by atoms with van der Waals surface area (Å²) < 4.78 is 0. The van der Waals surface area contributed by atoms with Crippen molar-refractivity contribution in [1.82, 2.24) is 20.0 Å². The molecule has 0 saturated carbocycles. The summed E-state index contributed by atoms with van der Waals surface area (Å²) in [5.41, 5.74) is 1.14. The Labute approximate surface area is 175 Å². The number of carbonyl (C=O) groups is 1. The van der Waals surface area contributed by atoms with Gasteiger partial charge in [0.05, 0.1) is 0 Å². The van der Waals surface area contributed by atoms with Gasteiger partial charge in [-0.1, -0.05) is 30.3 Å². The minimum Gasteiger partial charge on any atom is -0.339 e. The summed E-state index contributed by atoms with van der Waals surface area (Å²) in [4.78, 5) is 20.4. The molecule has 3 atom stereocenters. The number of halogens is 2. The third-order valence-electron chi connectivity index (χ3n) is 6.09. The van der Waals surface area contributed by atoms with Crippen LogP contribution in [0.4, 0.5) is 0 Å². The zero-order valence-electron chi connectivity index (χ0n) is 16.0. The third kappa shape index (κ3) is 5.15. The standard InChI is InChI=1S/C20H30N4O.2ClH/c1-22-11-13-23(14-12-22)19(16-5-3-2-4-6-16)20(25)24-10-9-17-7-8-18(15-24)21-17;;/h2-6,17-19,21H,7-15H2,1H3;2*1H. The number of benzene rings is 1. The predicted molar refractivity (Wildman–Crippen MR) is 114 cm³/mol. The van der Waals surface area contributed by atoms with Crippen molar-refractivity contribution in [3.05, 3.63) is 35.9 Å². The van der Waals surface area contributed by atoms with E-state index >= 15 is 0 Å². The number of amides is 1. The molecule has 3 saturated heterocycles. The topological polar surface area (TPSA) is 38.8 Å². The molecule has 2 bridgehead atoms. The molecule has 1 aromatic carbocycles. The number of nitrogens with zero attached hydrogens (tertiary/aromatic N) is 3. The van der Waals surface area contributed by atoms with Gasteiger partial charge in [-0.2, -0.15) is 0 Å². The summed E-state index contributed by atoms with van der Waals surface area (Å²) in [6.45, 7) is 5.74. The molecule has 3 fully saturated rings. The number of carbonyl (C=O) groups excluding carboxylic acids is 1. The van der Waals surface area contributed by atoms with Crippen molar-refractivity contribution in [2.75, 3.05) is 46.3 Å². The van der Waals surface area contributed by atoms with Crippen molar-refractivity contribution in [3.8, 4) is 0 Å².